The lowest BCUT2D eigenvalue weighted by Gasteiger charge is -2.18. The molecule has 1 heteroatoms. The Morgan fingerprint density at radius 1 is 0.933 bits per heavy atom. The molecule has 1 aromatic carbocycles. The standard InChI is InChI=1S/C10H14.C4H10O/c1-10(2,3)9-7-5-4-6-8-9;1-3-5-4-2/h4-8H,1-3H3;3-4H2,1-2H3. The summed E-state index contributed by atoms with van der Waals surface area (Å²) in [6.45, 7) is 12.3. The Kier molecular flexibility index (Phi) is 7.06. The van der Waals surface area contributed by atoms with Crippen molar-refractivity contribution >= 4 is 0 Å². The zero-order chi connectivity index (χ0) is 11.7. The van der Waals surface area contributed by atoms with Crippen LogP contribution >= 0.6 is 0 Å². The monoisotopic (exact) mass is 208 g/mol. The van der Waals surface area contributed by atoms with Crippen molar-refractivity contribution in [1.29, 1.82) is 0 Å². The van der Waals surface area contributed by atoms with Gasteiger partial charge in [-0.3, -0.25) is 0 Å². The highest BCUT2D eigenvalue weighted by atomic mass is 16.5. The third kappa shape index (κ3) is 7.15. The van der Waals surface area contributed by atoms with Crippen LogP contribution in [0, 0.1) is 0 Å². The molecule has 0 aliphatic heterocycles. The summed E-state index contributed by atoms with van der Waals surface area (Å²) in [5, 5.41) is 0. The molecule has 0 radical (unpaired) electrons. The molecule has 1 nitrogen and oxygen atoms in total. The van der Waals surface area contributed by atoms with Gasteiger partial charge >= 0.3 is 0 Å². The molecule has 0 spiro atoms. The van der Waals surface area contributed by atoms with Crippen molar-refractivity contribution in [2.24, 2.45) is 0 Å². The fraction of sp³-hybridized carbons (Fsp3) is 0.571. The molecule has 0 aliphatic rings. The second kappa shape index (κ2) is 7.47. The molecule has 0 atom stereocenters. The first-order chi connectivity index (χ1) is 7.02. The number of benzene rings is 1. The minimum Gasteiger partial charge on any atom is -0.382 e. The van der Waals surface area contributed by atoms with Crippen LogP contribution in [0.25, 0.3) is 0 Å². The molecule has 1 aromatic rings. The van der Waals surface area contributed by atoms with Crippen molar-refractivity contribution in [3.8, 4) is 0 Å². The molecular formula is C14H24O. The predicted octanol–water partition coefficient (Wildman–Crippen LogP) is 4.03. The van der Waals surface area contributed by atoms with Crippen LogP contribution in [0.15, 0.2) is 30.3 Å². The highest BCUT2D eigenvalue weighted by Crippen LogP contribution is 2.20. The SMILES string of the molecule is CC(C)(C)c1ccccc1.CCOCC. The van der Waals surface area contributed by atoms with Crippen LogP contribution < -0.4 is 0 Å². The van der Waals surface area contributed by atoms with Gasteiger partial charge < -0.3 is 4.74 Å². The number of ether oxygens (including phenoxy) is 1. The quantitative estimate of drug-likeness (QED) is 0.713. The summed E-state index contributed by atoms with van der Waals surface area (Å²) in [6.07, 6.45) is 0. The minimum atomic E-state index is 0.293. The summed E-state index contributed by atoms with van der Waals surface area (Å²) in [4.78, 5) is 0. The van der Waals surface area contributed by atoms with Gasteiger partial charge in [0, 0.05) is 13.2 Å². The van der Waals surface area contributed by atoms with E-state index in [0.717, 1.165) is 13.2 Å². The Bertz CT molecular complexity index is 231. The normalized spacial score (nSPS) is 10.5. The topological polar surface area (TPSA) is 9.23 Å². The van der Waals surface area contributed by atoms with E-state index in [0.29, 0.717) is 5.41 Å². The summed E-state index contributed by atoms with van der Waals surface area (Å²) < 4.78 is 4.83. The number of hydrogen-bond donors (Lipinski definition) is 0. The zero-order valence-electron chi connectivity index (χ0n) is 10.7. The van der Waals surface area contributed by atoms with E-state index in [1.807, 2.05) is 13.8 Å². The molecule has 0 aromatic heterocycles. The molecule has 0 aliphatic carbocycles. The van der Waals surface area contributed by atoms with E-state index in [-0.39, 0.29) is 0 Å². The summed E-state index contributed by atoms with van der Waals surface area (Å²) in [6, 6.07) is 10.6. The molecule has 0 saturated heterocycles. The van der Waals surface area contributed by atoms with Crippen LogP contribution in [0.4, 0.5) is 0 Å². The van der Waals surface area contributed by atoms with E-state index in [2.05, 4.69) is 51.1 Å². The highest BCUT2D eigenvalue weighted by Gasteiger charge is 2.11. The van der Waals surface area contributed by atoms with Crippen molar-refractivity contribution in [3.63, 3.8) is 0 Å². The summed E-state index contributed by atoms with van der Waals surface area (Å²) in [7, 11) is 0. The first-order valence-corrected chi connectivity index (χ1v) is 5.65. The fourth-order valence-corrected chi connectivity index (χ4v) is 1.14. The molecular weight excluding hydrogens is 184 g/mol. The maximum absolute atomic E-state index is 4.83. The third-order valence-electron chi connectivity index (χ3n) is 2.05. The van der Waals surface area contributed by atoms with Gasteiger partial charge in [0.1, 0.15) is 0 Å². The van der Waals surface area contributed by atoms with Gasteiger partial charge in [-0.2, -0.15) is 0 Å². The molecule has 0 fully saturated rings. The van der Waals surface area contributed by atoms with Crippen molar-refractivity contribution in [2.45, 2.75) is 40.0 Å². The summed E-state index contributed by atoms with van der Waals surface area (Å²) >= 11 is 0. The average molecular weight is 208 g/mol. The molecule has 0 heterocycles. The molecule has 1 rings (SSSR count). The minimum absolute atomic E-state index is 0.293. The lowest BCUT2D eigenvalue weighted by atomic mass is 9.87. The lowest BCUT2D eigenvalue weighted by molar-refractivity contribution is 0.162. The van der Waals surface area contributed by atoms with E-state index >= 15 is 0 Å². The van der Waals surface area contributed by atoms with Crippen molar-refractivity contribution in [2.75, 3.05) is 13.2 Å². The van der Waals surface area contributed by atoms with E-state index in [9.17, 15) is 0 Å². The van der Waals surface area contributed by atoms with E-state index in [1.54, 1.807) is 0 Å². The van der Waals surface area contributed by atoms with Gasteiger partial charge in [0.2, 0.25) is 0 Å². The first-order valence-electron chi connectivity index (χ1n) is 5.65. The van der Waals surface area contributed by atoms with Crippen LogP contribution in [0.2, 0.25) is 0 Å². The molecule has 15 heavy (non-hydrogen) atoms. The lowest BCUT2D eigenvalue weighted by Crippen LogP contribution is -2.10. The molecule has 0 N–H and O–H groups in total. The highest BCUT2D eigenvalue weighted by molar-refractivity contribution is 5.21. The van der Waals surface area contributed by atoms with Crippen molar-refractivity contribution < 1.29 is 4.74 Å². The molecule has 0 unspecified atom stereocenters. The van der Waals surface area contributed by atoms with Crippen molar-refractivity contribution in [3.05, 3.63) is 35.9 Å². The Morgan fingerprint density at radius 2 is 1.40 bits per heavy atom. The van der Waals surface area contributed by atoms with Crippen LogP contribution in [0.5, 0.6) is 0 Å². The summed E-state index contributed by atoms with van der Waals surface area (Å²) in [5.74, 6) is 0. The summed E-state index contributed by atoms with van der Waals surface area (Å²) in [5.41, 5.74) is 1.69. The van der Waals surface area contributed by atoms with Crippen LogP contribution in [0.1, 0.15) is 40.2 Å². The first kappa shape index (κ1) is 14.2. The Balaban J connectivity index is 0.000000336. The van der Waals surface area contributed by atoms with Gasteiger partial charge in [-0.1, -0.05) is 51.1 Å². The third-order valence-corrected chi connectivity index (χ3v) is 2.05. The molecule has 0 amide bonds. The second-order valence-corrected chi connectivity index (χ2v) is 4.40. The average Bonchev–Trinajstić information content (AvgIpc) is 2.20. The van der Waals surface area contributed by atoms with Crippen LogP contribution in [0.3, 0.4) is 0 Å². The van der Waals surface area contributed by atoms with E-state index in [1.165, 1.54) is 5.56 Å². The predicted molar refractivity (Wildman–Crippen MR) is 67.3 cm³/mol. The van der Waals surface area contributed by atoms with Gasteiger partial charge in [-0.05, 0) is 24.8 Å². The smallest absolute Gasteiger partial charge is 0.0437 e. The van der Waals surface area contributed by atoms with E-state index in [4.69, 9.17) is 4.74 Å². The maximum Gasteiger partial charge on any atom is 0.0437 e. The zero-order valence-corrected chi connectivity index (χ0v) is 10.7. The van der Waals surface area contributed by atoms with Gasteiger partial charge in [0.05, 0.1) is 0 Å². The molecule has 0 bridgehead atoms. The Labute approximate surface area is 94.5 Å². The largest absolute Gasteiger partial charge is 0.382 e. The second-order valence-electron chi connectivity index (χ2n) is 4.40. The van der Waals surface area contributed by atoms with Gasteiger partial charge in [-0.25, -0.2) is 0 Å². The van der Waals surface area contributed by atoms with Crippen molar-refractivity contribution in [1.82, 2.24) is 0 Å². The van der Waals surface area contributed by atoms with Gasteiger partial charge in [0.25, 0.3) is 0 Å². The van der Waals surface area contributed by atoms with E-state index < -0.39 is 0 Å². The van der Waals surface area contributed by atoms with Gasteiger partial charge in [0.15, 0.2) is 0 Å². The Morgan fingerprint density at radius 3 is 1.60 bits per heavy atom. The molecule has 86 valence electrons. The molecule has 0 saturated carbocycles. The number of hydrogen-bond acceptors (Lipinski definition) is 1. The number of rotatable bonds is 2. The van der Waals surface area contributed by atoms with Gasteiger partial charge in [-0.15, -0.1) is 0 Å². The maximum atomic E-state index is 4.83. The Hall–Kier alpha value is -0.820. The van der Waals surface area contributed by atoms with Crippen LogP contribution in [-0.4, -0.2) is 13.2 Å². The fourth-order valence-electron chi connectivity index (χ4n) is 1.14. The van der Waals surface area contributed by atoms with Crippen LogP contribution in [-0.2, 0) is 10.2 Å².